The van der Waals surface area contributed by atoms with E-state index in [1.807, 2.05) is 0 Å². The Morgan fingerprint density at radius 2 is 2.36 bits per heavy atom. The number of ether oxygens (including phenoxy) is 1. The molecule has 4 heteroatoms. The molecular formula is C10H19NO3. The van der Waals surface area contributed by atoms with E-state index in [1.165, 1.54) is 0 Å². The summed E-state index contributed by atoms with van der Waals surface area (Å²) in [4.78, 5) is 13.3. The molecule has 82 valence electrons. The number of rotatable bonds is 6. The number of aliphatic hydroxyl groups is 1. The lowest BCUT2D eigenvalue weighted by Crippen LogP contribution is -2.29. The fourth-order valence-electron chi connectivity index (χ4n) is 1.71. The third-order valence-electron chi connectivity index (χ3n) is 2.70. The second-order valence-electron chi connectivity index (χ2n) is 3.60. The van der Waals surface area contributed by atoms with Gasteiger partial charge in [-0.1, -0.05) is 6.92 Å². The van der Waals surface area contributed by atoms with Crippen LogP contribution in [0.4, 0.5) is 0 Å². The SMILES string of the molecule is CCN(CCO)CCC1CCOC1=O. The monoisotopic (exact) mass is 201 g/mol. The first-order valence-electron chi connectivity index (χ1n) is 5.27. The van der Waals surface area contributed by atoms with Gasteiger partial charge in [-0.05, 0) is 25.9 Å². The average Bonchev–Trinajstić information content (AvgIpc) is 2.59. The van der Waals surface area contributed by atoms with Crippen LogP contribution in [0.2, 0.25) is 0 Å². The van der Waals surface area contributed by atoms with Gasteiger partial charge in [-0.15, -0.1) is 0 Å². The van der Waals surface area contributed by atoms with E-state index < -0.39 is 0 Å². The number of hydrogen-bond donors (Lipinski definition) is 1. The van der Waals surface area contributed by atoms with E-state index in [1.54, 1.807) is 0 Å². The zero-order chi connectivity index (χ0) is 10.4. The zero-order valence-electron chi connectivity index (χ0n) is 8.74. The van der Waals surface area contributed by atoms with Gasteiger partial charge >= 0.3 is 5.97 Å². The van der Waals surface area contributed by atoms with Gasteiger partial charge in [0.05, 0.1) is 19.1 Å². The van der Waals surface area contributed by atoms with E-state index in [4.69, 9.17) is 9.84 Å². The number of nitrogens with zero attached hydrogens (tertiary/aromatic N) is 1. The summed E-state index contributed by atoms with van der Waals surface area (Å²) in [6.45, 7) is 5.30. The summed E-state index contributed by atoms with van der Waals surface area (Å²) in [5, 5.41) is 8.78. The van der Waals surface area contributed by atoms with Crippen LogP contribution in [0.3, 0.4) is 0 Å². The lowest BCUT2D eigenvalue weighted by molar-refractivity contribution is -0.141. The van der Waals surface area contributed by atoms with Crippen molar-refractivity contribution in [3.63, 3.8) is 0 Å². The normalized spacial score (nSPS) is 21.6. The fourth-order valence-corrected chi connectivity index (χ4v) is 1.71. The van der Waals surface area contributed by atoms with E-state index >= 15 is 0 Å². The Labute approximate surface area is 84.8 Å². The van der Waals surface area contributed by atoms with Crippen LogP contribution < -0.4 is 0 Å². The van der Waals surface area contributed by atoms with Crippen LogP contribution in [0.1, 0.15) is 19.8 Å². The first-order chi connectivity index (χ1) is 6.77. The summed E-state index contributed by atoms with van der Waals surface area (Å²) >= 11 is 0. The van der Waals surface area contributed by atoms with Gasteiger partial charge in [0.15, 0.2) is 0 Å². The van der Waals surface area contributed by atoms with Gasteiger partial charge in [0.1, 0.15) is 0 Å². The average molecular weight is 201 g/mol. The van der Waals surface area contributed by atoms with Crippen molar-refractivity contribution in [2.75, 3.05) is 32.8 Å². The summed E-state index contributed by atoms with van der Waals surface area (Å²) in [6.07, 6.45) is 1.71. The molecule has 0 spiro atoms. The lowest BCUT2D eigenvalue weighted by atomic mass is 10.0. The Morgan fingerprint density at radius 1 is 1.57 bits per heavy atom. The van der Waals surface area contributed by atoms with Gasteiger partial charge in [0.25, 0.3) is 0 Å². The molecule has 1 N–H and O–H groups in total. The van der Waals surface area contributed by atoms with Crippen LogP contribution in [0.5, 0.6) is 0 Å². The van der Waals surface area contributed by atoms with Crippen LogP contribution in [0, 0.1) is 5.92 Å². The van der Waals surface area contributed by atoms with Crippen LogP contribution >= 0.6 is 0 Å². The van der Waals surface area contributed by atoms with Gasteiger partial charge in [0, 0.05) is 6.54 Å². The smallest absolute Gasteiger partial charge is 0.309 e. The van der Waals surface area contributed by atoms with E-state index in [-0.39, 0.29) is 18.5 Å². The fraction of sp³-hybridized carbons (Fsp3) is 0.900. The summed E-state index contributed by atoms with van der Waals surface area (Å²) in [6, 6.07) is 0. The Kier molecular flexibility index (Phi) is 4.90. The lowest BCUT2D eigenvalue weighted by Gasteiger charge is -2.19. The topological polar surface area (TPSA) is 49.8 Å². The molecule has 1 atom stereocenters. The molecule has 1 saturated heterocycles. The van der Waals surface area contributed by atoms with E-state index in [9.17, 15) is 4.79 Å². The first kappa shape index (κ1) is 11.5. The Morgan fingerprint density at radius 3 is 2.86 bits per heavy atom. The number of aliphatic hydroxyl groups excluding tert-OH is 1. The third-order valence-corrected chi connectivity index (χ3v) is 2.70. The Bertz CT molecular complexity index is 184. The van der Waals surface area contributed by atoms with Crippen molar-refractivity contribution in [3.8, 4) is 0 Å². The van der Waals surface area contributed by atoms with Crippen LogP contribution in [-0.4, -0.2) is 48.8 Å². The minimum atomic E-state index is -0.0509. The second-order valence-corrected chi connectivity index (χ2v) is 3.60. The number of carbonyl (C=O) groups is 1. The van der Waals surface area contributed by atoms with Crippen LogP contribution in [0.15, 0.2) is 0 Å². The highest BCUT2D eigenvalue weighted by Gasteiger charge is 2.26. The number of hydrogen-bond acceptors (Lipinski definition) is 4. The zero-order valence-corrected chi connectivity index (χ0v) is 8.74. The highest BCUT2D eigenvalue weighted by Crippen LogP contribution is 2.18. The van der Waals surface area contributed by atoms with Crippen molar-refractivity contribution in [2.45, 2.75) is 19.8 Å². The van der Waals surface area contributed by atoms with Gasteiger partial charge in [-0.25, -0.2) is 0 Å². The van der Waals surface area contributed by atoms with Gasteiger partial charge in [0.2, 0.25) is 0 Å². The molecular weight excluding hydrogens is 182 g/mol. The minimum absolute atomic E-state index is 0.0509. The van der Waals surface area contributed by atoms with Gasteiger partial charge in [-0.2, -0.15) is 0 Å². The highest BCUT2D eigenvalue weighted by atomic mass is 16.5. The van der Waals surface area contributed by atoms with Crippen molar-refractivity contribution >= 4 is 5.97 Å². The van der Waals surface area contributed by atoms with Crippen molar-refractivity contribution in [3.05, 3.63) is 0 Å². The van der Waals surface area contributed by atoms with Crippen LogP contribution in [-0.2, 0) is 9.53 Å². The van der Waals surface area contributed by atoms with Crippen molar-refractivity contribution in [1.29, 1.82) is 0 Å². The molecule has 0 bridgehead atoms. The van der Waals surface area contributed by atoms with Crippen molar-refractivity contribution < 1.29 is 14.6 Å². The molecule has 1 fully saturated rings. The predicted molar refractivity (Wildman–Crippen MR) is 52.9 cm³/mol. The van der Waals surface area contributed by atoms with Crippen molar-refractivity contribution in [1.82, 2.24) is 4.90 Å². The molecule has 1 aliphatic heterocycles. The quantitative estimate of drug-likeness (QED) is 0.626. The Hall–Kier alpha value is -0.610. The first-order valence-corrected chi connectivity index (χ1v) is 5.27. The number of carbonyl (C=O) groups excluding carboxylic acids is 1. The molecule has 1 heterocycles. The molecule has 0 aromatic heterocycles. The molecule has 0 aliphatic carbocycles. The number of cyclic esters (lactones) is 1. The van der Waals surface area contributed by atoms with Gasteiger partial charge in [-0.3, -0.25) is 4.79 Å². The molecule has 1 aliphatic rings. The molecule has 0 amide bonds. The summed E-state index contributed by atoms with van der Waals surface area (Å²) < 4.78 is 4.88. The molecule has 0 aromatic rings. The molecule has 4 nitrogen and oxygen atoms in total. The molecule has 14 heavy (non-hydrogen) atoms. The summed E-state index contributed by atoms with van der Waals surface area (Å²) in [7, 11) is 0. The molecule has 0 radical (unpaired) electrons. The molecule has 0 saturated carbocycles. The highest BCUT2D eigenvalue weighted by molar-refractivity contribution is 5.74. The molecule has 1 rings (SSSR count). The largest absolute Gasteiger partial charge is 0.465 e. The third kappa shape index (κ3) is 3.27. The van der Waals surface area contributed by atoms with Gasteiger partial charge < -0.3 is 14.7 Å². The maximum atomic E-state index is 11.1. The molecule has 1 unspecified atom stereocenters. The van der Waals surface area contributed by atoms with Crippen LogP contribution in [0.25, 0.3) is 0 Å². The summed E-state index contributed by atoms with van der Waals surface area (Å²) in [5.74, 6) is 0.0350. The second kappa shape index (κ2) is 5.98. The standard InChI is InChI=1S/C10H19NO3/c1-2-11(6-7-12)5-3-9-4-8-14-10(9)13/h9,12H,2-8H2,1H3. The minimum Gasteiger partial charge on any atom is -0.465 e. The maximum Gasteiger partial charge on any atom is 0.309 e. The maximum absolute atomic E-state index is 11.1. The van der Waals surface area contributed by atoms with Crippen molar-refractivity contribution in [2.24, 2.45) is 5.92 Å². The van der Waals surface area contributed by atoms with E-state index in [2.05, 4.69) is 11.8 Å². The predicted octanol–water partition coefficient (Wildman–Crippen LogP) is 0.254. The molecule has 0 aromatic carbocycles. The Balaban J connectivity index is 2.20. The number of esters is 1. The number of likely N-dealkylation sites (N-methyl/N-ethyl adjacent to an activating group) is 1. The van der Waals surface area contributed by atoms with E-state index in [0.29, 0.717) is 13.2 Å². The summed E-state index contributed by atoms with van der Waals surface area (Å²) in [5.41, 5.74) is 0. The van der Waals surface area contributed by atoms with E-state index in [0.717, 1.165) is 25.9 Å².